The molecule has 1 aliphatic heterocycles. The van der Waals surface area contributed by atoms with Crippen molar-refractivity contribution in [1.82, 2.24) is 4.57 Å². The zero-order chi connectivity index (χ0) is 33.2. The van der Waals surface area contributed by atoms with E-state index in [1.54, 1.807) is 56.3 Å². The number of benzene rings is 3. The molecule has 0 saturated carbocycles. The summed E-state index contributed by atoms with van der Waals surface area (Å²) in [5, 5.41) is 11.2. The van der Waals surface area contributed by atoms with Crippen molar-refractivity contribution in [2.45, 2.75) is 19.9 Å². The highest BCUT2D eigenvalue weighted by Crippen LogP contribution is 2.38. The lowest BCUT2D eigenvalue weighted by Crippen LogP contribution is -2.40. The van der Waals surface area contributed by atoms with Gasteiger partial charge in [0, 0.05) is 29.3 Å². The van der Waals surface area contributed by atoms with E-state index in [9.17, 15) is 19.7 Å². The van der Waals surface area contributed by atoms with Gasteiger partial charge in [-0.25, -0.2) is 9.79 Å². The number of carbonyl (C=O) groups is 1. The number of hydrogen-bond acceptors (Lipinski definition) is 10. The third-order valence-corrected chi connectivity index (χ3v) is 8.67. The average molecular weight is 652 g/mol. The molecule has 1 atom stereocenters. The van der Waals surface area contributed by atoms with Gasteiger partial charge in [-0.1, -0.05) is 47.7 Å². The Balaban J connectivity index is 1.55. The van der Waals surface area contributed by atoms with Crippen LogP contribution in [-0.4, -0.2) is 36.3 Å². The molecule has 5 aromatic rings. The predicted molar refractivity (Wildman–Crippen MR) is 176 cm³/mol. The van der Waals surface area contributed by atoms with Crippen LogP contribution >= 0.6 is 11.3 Å². The average Bonchev–Trinajstić information content (AvgIpc) is 3.67. The first-order valence-corrected chi connectivity index (χ1v) is 15.4. The number of nitrogens with zero attached hydrogens (tertiary/aromatic N) is 3. The van der Waals surface area contributed by atoms with E-state index in [0.717, 1.165) is 11.3 Å². The van der Waals surface area contributed by atoms with Crippen molar-refractivity contribution in [3.63, 3.8) is 0 Å². The maximum Gasteiger partial charge on any atom is 0.338 e. The molecule has 238 valence electrons. The molecule has 0 aliphatic carbocycles. The van der Waals surface area contributed by atoms with Crippen molar-refractivity contribution in [3.8, 4) is 22.8 Å². The monoisotopic (exact) mass is 651 g/mol. The largest absolute Gasteiger partial charge is 0.493 e. The van der Waals surface area contributed by atoms with Crippen molar-refractivity contribution < 1.29 is 28.3 Å². The first kappa shape index (κ1) is 31.2. The van der Waals surface area contributed by atoms with Crippen LogP contribution in [0.2, 0.25) is 0 Å². The van der Waals surface area contributed by atoms with Gasteiger partial charge in [0.25, 0.3) is 11.2 Å². The van der Waals surface area contributed by atoms with Gasteiger partial charge in [0.2, 0.25) is 0 Å². The Morgan fingerprint density at radius 3 is 2.49 bits per heavy atom. The molecule has 3 aromatic carbocycles. The van der Waals surface area contributed by atoms with E-state index < -0.39 is 16.9 Å². The molecule has 0 saturated heterocycles. The van der Waals surface area contributed by atoms with Crippen LogP contribution in [0.15, 0.2) is 98.6 Å². The number of fused-ring (bicyclic) bond motifs is 1. The lowest BCUT2D eigenvalue weighted by Gasteiger charge is -2.26. The molecule has 11 nitrogen and oxygen atoms in total. The van der Waals surface area contributed by atoms with E-state index in [0.29, 0.717) is 60.3 Å². The molecule has 47 heavy (non-hydrogen) atoms. The molecule has 0 fully saturated rings. The Bertz CT molecular complexity index is 2230. The van der Waals surface area contributed by atoms with Gasteiger partial charge in [-0.05, 0) is 55.3 Å². The predicted octanol–water partition coefficient (Wildman–Crippen LogP) is 5.43. The number of hydrogen-bond donors (Lipinski definition) is 0. The fraction of sp³-hybridized carbons (Fsp3) is 0.171. The molecule has 2 aromatic heterocycles. The summed E-state index contributed by atoms with van der Waals surface area (Å²) in [6.45, 7) is 3.61. The number of esters is 1. The number of ether oxygens (including phenoxy) is 3. The third kappa shape index (κ3) is 5.86. The van der Waals surface area contributed by atoms with Gasteiger partial charge >= 0.3 is 5.97 Å². The van der Waals surface area contributed by atoms with E-state index in [-0.39, 0.29) is 23.4 Å². The third-order valence-electron chi connectivity index (χ3n) is 7.68. The molecule has 0 N–H and O–H groups in total. The normalized spacial score (nSPS) is 14.4. The number of methoxy groups -OCH3 is 2. The van der Waals surface area contributed by atoms with Crippen LogP contribution in [-0.2, 0) is 9.53 Å². The van der Waals surface area contributed by atoms with Crippen molar-refractivity contribution in [2.24, 2.45) is 4.99 Å². The second-order valence-electron chi connectivity index (χ2n) is 10.5. The molecule has 0 amide bonds. The van der Waals surface area contributed by atoms with Crippen molar-refractivity contribution in [1.29, 1.82) is 0 Å². The standard InChI is InChI=1S/C35H29N3O8S/c1-5-45-34(40)30-31(21-9-7-6-8-10-21)36-35-37(32(30)22-11-15-27(43-3)28(18-22)44-4)33(39)29(47-35)19-24-13-16-26(46-24)25-14-12-23(38(41)42)17-20(25)2/h6-19,32H,5H2,1-4H3/b29-19-. The lowest BCUT2D eigenvalue weighted by molar-refractivity contribution is -0.384. The Hall–Kier alpha value is -5.75. The smallest absolute Gasteiger partial charge is 0.338 e. The van der Waals surface area contributed by atoms with Crippen LogP contribution in [0.25, 0.3) is 23.1 Å². The molecule has 12 heteroatoms. The van der Waals surface area contributed by atoms with E-state index in [1.807, 2.05) is 30.3 Å². The van der Waals surface area contributed by atoms with Gasteiger partial charge in [0.1, 0.15) is 11.5 Å². The van der Waals surface area contributed by atoms with Crippen LogP contribution in [0.1, 0.15) is 35.4 Å². The molecule has 1 unspecified atom stereocenters. The number of carbonyl (C=O) groups excluding carboxylic acids is 1. The summed E-state index contributed by atoms with van der Waals surface area (Å²) >= 11 is 1.16. The summed E-state index contributed by atoms with van der Waals surface area (Å²) in [7, 11) is 3.04. The van der Waals surface area contributed by atoms with Gasteiger partial charge in [0.05, 0.1) is 47.6 Å². The number of rotatable bonds is 9. The SMILES string of the molecule is CCOC(=O)C1=C(c2ccccc2)N=c2s/c(=C\c3ccc(-c4ccc([N+](=O)[O-])cc4C)o3)c(=O)n2C1c1ccc(OC)c(OC)c1. The first-order valence-electron chi connectivity index (χ1n) is 14.6. The van der Waals surface area contributed by atoms with Crippen LogP contribution in [0.5, 0.6) is 11.5 Å². The topological polar surface area (TPSA) is 135 Å². The maximum absolute atomic E-state index is 14.2. The highest BCUT2D eigenvalue weighted by atomic mass is 32.1. The number of aryl methyl sites for hydroxylation is 1. The van der Waals surface area contributed by atoms with Gasteiger partial charge < -0.3 is 18.6 Å². The van der Waals surface area contributed by atoms with E-state index >= 15 is 0 Å². The van der Waals surface area contributed by atoms with Crippen LogP contribution < -0.4 is 24.4 Å². The second kappa shape index (κ2) is 12.9. The molecular formula is C35H29N3O8S. The van der Waals surface area contributed by atoms with Gasteiger partial charge in [-0.3, -0.25) is 19.5 Å². The minimum absolute atomic E-state index is 0.0137. The van der Waals surface area contributed by atoms with Crippen LogP contribution in [0.3, 0.4) is 0 Å². The molecule has 6 rings (SSSR count). The molecule has 3 heterocycles. The Labute approximate surface area is 272 Å². The first-order chi connectivity index (χ1) is 22.7. The summed E-state index contributed by atoms with van der Waals surface area (Å²) in [5.74, 6) is 1.22. The molecule has 0 spiro atoms. The maximum atomic E-state index is 14.2. The Morgan fingerprint density at radius 1 is 1.04 bits per heavy atom. The van der Waals surface area contributed by atoms with Crippen molar-refractivity contribution >= 4 is 34.8 Å². The highest BCUT2D eigenvalue weighted by molar-refractivity contribution is 7.07. The fourth-order valence-electron chi connectivity index (χ4n) is 5.52. The minimum atomic E-state index is -0.905. The van der Waals surface area contributed by atoms with E-state index in [4.69, 9.17) is 23.6 Å². The summed E-state index contributed by atoms with van der Waals surface area (Å²) in [6, 6.07) is 21.6. The quantitative estimate of drug-likeness (QED) is 0.117. The number of nitro benzene ring substituents is 1. The highest BCUT2D eigenvalue weighted by Gasteiger charge is 2.35. The summed E-state index contributed by atoms with van der Waals surface area (Å²) in [5.41, 5.74) is 2.85. The fourth-order valence-corrected chi connectivity index (χ4v) is 6.50. The number of thiazole rings is 1. The molecule has 1 aliphatic rings. The number of non-ortho nitro benzene ring substituents is 1. The Kier molecular flexibility index (Phi) is 8.59. The Morgan fingerprint density at radius 2 is 1.81 bits per heavy atom. The lowest BCUT2D eigenvalue weighted by atomic mass is 9.93. The number of nitro groups is 1. The molecular weight excluding hydrogens is 622 g/mol. The van der Waals surface area contributed by atoms with Crippen molar-refractivity contribution in [3.05, 3.63) is 137 Å². The second-order valence-corrected chi connectivity index (χ2v) is 11.5. The zero-order valence-electron chi connectivity index (χ0n) is 25.9. The van der Waals surface area contributed by atoms with E-state index in [2.05, 4.69) is 0 Å². The molecule has 0 bridgehead atoms. The summed E-state index contributed by atoms with van der Waals surface area (Å²) < 4.78 is 24.4. The van der Waals surface area contributed by atoms with Gasteiger partial charge in [-0.15, -0.1) is 0 Å². The van der Waals surface area contributed by atoms with E-state index in [1.165, 1.54) is 30.9 Å². The molecule has 0 radical (unpaired) electrons. The van der Waals surface area contributed by atoms with Crippen LogP contribution in [0, 0.1) is 17.0 Å². The van der Waals surface area contributed by atoms with Crippen molar-refractivity contribution in [2.75, 3.05) is 20.8 Å². The summed E-state index contributed by atoms with van der Waals surface area (Å²) in [6.07, 6.45) is 1.62. The van der Waals surface area contributed by atoms with Crippen LogP contribution in [0.4, 0.5) is 5.69 Å². The number of furan rings is 1. The number of aromatic nitrogens is 1. The van der Waals surface area contributed by atoms with Gasteiger partial charge in [0.15, 0.2) is 16.3 Å². The minimum Gasteiger partial charge on any atom is -0.493 e. The van der Waals surface area contributed by atoms with Gasteiger partial charge in [-0.2, -0.15) is 0 Å². The zero-order valence-corrected chi connectivity index (χ0v) is 26.7. The summed E-state index contributed by atoms with van der Waals surface area (Å²) in [4.78, 5) is 43.9.